The van der Waals surface area contributed by atoms with Crippen molar-refractivity contribution < 1.29 is 8.78 Å². The second kappa shape index (κ2) is 6.84. The number of piperazine rings is 1. The third kappa shape index (κ3) is 3.30. The van der Waals surface area contributed by atoms with E-state index < -0.39 is 11.6 Å². The minimum atomic E-state index is -0.530. The average molecular weight is 355 g/mol. The van der Waals surface area contributed by atoms with Crippen molar-refractivity contribution in [2.24, 2.45) is 0 Å². The summed E-state index contributed by atoms with van der Waals surface area (Å²) in [6.45, 7) is 3.00. The Hall–Kier alpha value is -2.80. The van der Waals surface area contributed by atoms with Gasteiger partial charge in [0.2, 0.25) is 5.95 Å². The van der Waals surface area contributed by atoms with Crippen molar-refractivity contribution in [1.82, 2.24) is 14.9 Å². The summed E-state index contributed by atoms with van der Waals surface area (Å²) < 4.78 is 29.1. The van der Waals surface area contributed by atoms with E-state index in [9.17, 15) is 8.78 Å². The van der Waals surface area contributed by atoms with Gasteiger partial charge in [-0.25, -0.2) is 18.7 Å². The number of aromatic nitrogens is 2. The SMILES string of the molecule is CN1CCN(c2cc(F)c(Nc3ncc4ccccc4n3)cc2F)CC1. The zero-order valence-corrected chi connectivity index (χ0v) is 14.4. The molecule has 2 heterocycles. The Kier molecular flexibility index (Phi) is 4.38. The highest BCUT2D eigenvalue weighted by Crippen LogP contribution is 2.28. The number of nitrogens with zero attached hydrogens (tertiary/aromatic N) is 4. The van der Waals surface area contributed by atoms with Crippen LogP contribution in [0.3, 0.4) is 0 Å². The van der Waals surface area contributed by atoms with Crippen LogP contribution in [0, 0.1) is 11.6 Å². The Morgan fingerprint density at radius 2 is 1.77 bits per heavy atom. The van der Waals surface area contributed by atoms with E-state index in [4.69, 9.17) is 0 Å². The quantitative estimate of drug-likeness (QED) is 0.780. The predicted octanol–water partition coefficient (Wildman–Crippen LogP) is 3.40. The van der Waals surface area contributed by atoms with Crippen LogP contribution in [-0.4, -0.2) is 48.1 Å². The number of nitrogens with one attached hydrogen (secondary N) is 1. The number of likely N-dealkylation sites (N-methyl/N-ethyl adjacent to an activating group) is 1. The molecule has 1 fully saturated rings. The summed E-state index contributed by atoms with van der Waals surface area (Å²) in [5, 5.41) is 3.66. The van der Waals surface area contributed by atoms with Crippen LogP contribution in [0.1, 0.15) is 0 Å². The lowest BCUT2D eigenvalue weighted by Crippen LogP contribution is -2.44. The fraction of sp³-hybridized carbons (Fsp3) is 0.263. The maximum absolute atomic E-state index is 14.6. The van der Waals surface area contributed by atoms with Gasteiger partial charge in [-0.1, -0.05) is 18.2 Å². The van der Waals surface area contributed by atoms with Gasteiger partial charge in [0.15, 0.2) is 0 Å². The van der Waals surface area contributed by atoms with Gasteiger partial charge >= 0.3 is 0 Å². The van der Waals surface area contributed by atoms with E-state index in [0.717, 1.165) is 24.0 Å². The molecule has 2 aromatic carbocycles. The number of hydrogen-bond acceptors (Lipinski definition) is 5. The van der Waals surface area contributed by atoms with E-state index in [0.29, 0.717) is 18.8 Å². The van der Waals surface area contributed by atoms with Crippen LogP contribution in [-0.2, 0) is 0 Å². The van der Waals surface area contributed by atoms with Gasteiger partial charge in [-0.05, 0) is 13.1 Å². The highest BCUT2D eigenvalue weighted by atomic mass is 19.1. The lowest BCUT2D eigenvalue weighted by molar-refractivity contribution is 0.311. The summed E-state index contributed by atoms with van der Waals surface area (Å²) in [4.78, 5) is 12.5. The topological polar surface area (TPSA) is 44.3 Å². The molecule has 7 heteroatoms. The first-order valence-electron chi connectivity index (χ1n) is 8.51. The second-order valence-corrected chi connectivity index (χ2v) is 6.45. The van der Waals surface area contributed by atoms with Crippen molar-refractivity contribution in [2.45, 2.75) is 0 Å². The molecule has 1 aromatic heterocycles. The van der Waals surface area contributed by atoms with Crippen LogP contribution in [0.4, 0.5) is 26.1 Å². The normalized spacial score (nSPS) is 15.4. The van der Waals surface area contributed by atoms with E-state index in [1.807, 2.05) is 36.2 Å². The first-order chi connectivity index (χ1) is 12.6. The molecule has 0 aliphatic carbocycles. The number of anilines is 3. The molecule has 5 nitrogen and oxygen atoms in total. The monoisotopic (exact) mass is 355 g/mol. The Balaban J connectivity index is 1.59. The smallest absolute Gasteiger partial charge is 0.227 e. The number of rotatable bonds is 3. The molecular formula is C19H19F2N5. The third-order valence-corrected chi connectivity index (χ3v) is 4.62. The van der Waals surface area contributed by atoms with Gasteiger partial charge in [-0.15, -0.1) is 0 Å². The summed E-state index contributed by atoms with van der Waals surface area (Å²) in [5.74, 6) is -0.759. The van der Waals surface area contributed by atoms with Crippen LogP contribution in [0.15, 0.2) is 42.6 Å². The van der Waals surface area contributed by atoms with Crippen LogP contribution >= 0.6 is 0 Å². The number of benzene rings is 2. The molecule has 1 aliphatic rings. The van der Waals surface area contributed by atoms with Gasteiger partial charge in [0.05, 0.1) is 16.9 Å². The predicted molar refractivity (Wildman–Crippen MR) is 98.9 cm³/mol. The highest BCUT2D eigenvalue weighted by Gasteiger charge is 2.20. The summed E-state index contributed by atoms with van der Waals surface area (Å²) in [6.07, 6.45) is 1.65. The maximum atomic E-state index is 14.6. The summed E-state index contributed by atoms with van der Waals surface area (Å²) >= 11 is 0. The molecule has 1 aliphatic heterocycles. The lowest BCUT2D eigenvalue weighted by Gasteiger charge is -2.34. The van der Waals surface area contributed by atoms with Crippen LogP contribution in [0.25, 0.3) is 10.9 Å². The van der Waals surface area contributed by atoms with Gasteiger partial charge in [0, 0.05) is 49.9 Å². The van der Waals surface area contributed by atoms with E-state index in [2.05, 4.69) is 20.2 Å². The molecule has 1 saturated heterocycles. The Bertz CT molecular complexity index is 938. The molecular weight excluding hydrogens is 336 g/mol. The number of hydrogen-bond donors (Lipinski definition) is 1. The minimum absolute atomic E-state index is 0.0238. The maximum Gasteiger partial charge on any atom is 0.227 e. The molecule has 0 bridgehead atoms. The molecule has 0 saturated carbocycles. The van der Waals surface area contributed by atoms with Crippen molar-refractivity contribution in [3.63, 3.8) is 0 Å². The van der Waals surface area contributed by atoms with E-state index >= 15 is 0 Å². The van der Waals surface area contributed by atoms with Crippen molar-refractivity contribution in [3.8, 4) is 0 Å². The van der Waals surface area contributed by atoms with Crippen molar-refractivity contribution in [1.29, 1.82) is 0 Å². The van der Waals surface area contributed by atoms with Crippen LogP contribution in [0.5, 0.6) is 0 Å². The number of para-hydroxylation sites is 1. The zero-order chi connectivity index (χ0) is 18.1. The molecule has 0 atom stereocenters. The highest BCUT2D eigenvalue weighted by molar-refractivity contribution is 5.79. The standard InChI is InChI=1S/C19H19F2N5/c1-25-6-8-26(9-7-25)18-11-14(20)17(10-15(18)21)24-19-22-12-13-4-2-3-5-16(13)23-19/h2-5,10-12H,6-9H2,1H3,(H,22,23,24). The molecule has 0 radical (unpaired) electrons. The fourth-order valence-electron chi connectivity index (χ4n) is 3.07. The summed E-state index contributed by atoms with van der Waals surface area (Å²) in [5.41, 5.74) is 1.05. The first-order valence-corrected chi connectivity index (χ1v) is 8.51. The minimum Gasteiger partial charge on any atom is -0.367 e. The molecule has 0 spiro atoms. The van der Waals surface area contributed by atoms with Gasteiger partial charge in [0.1, 0.15) is 11.6 Å². The Morgan fingerprint density at radius 1 is 1.00 bits per heavy atom. The summed E-state index contributed by atoms with van der Waals surface area (Å²) in [6, 6.07) is 9.90. The molecule has 1 N–H and O–H groups in total. The molecule has 0 amide bonds. The Labute approximate surface area is 150 Å². The fourth-order valence-corrected chi connectivity index (χ4v) is 3.07. The van der Waals surface area contributed by atoms with E-state index in [1.54, 1.807) is 6.20 Å². The lowest BCUT2D eigenvalue weighted by atomic mass is 10.2. The number of halogens is 2. The molecule has 4 rings (SSSR count). The molecule has 3 aromatic rings. The van der Waals surface area contributed by atoms with Gasteiger partial charge in [-0.2, -0.15) is 0 Å². The average Bonchev–Trinajstić information content (AvgIpc) is 2.65. The van der Waals surface area contributed by atoms with E-state index in [-0.39, 0.29) is 11.6 Å². The molecule has 134 valence electrons. The second-order valence-electron chi connectivity index (χ2n) is 6.45. The molecule has 0 unspecified atom stereocenters. The van der Waals surface area contributed by atoms with E-state index in [1.165, 1.54) is 12.1 Å². The Morgan fingerprint density at radius 3 is 2.58 bits per heavy atom. The van der Waals surface area contributed by atoms with Crippen LogP contribution < -0.4 is 10.2 Å². The van der Waals surface area contributed by atoms with Crippen LogP contribution in [0.2, 0.25) is 0 Å². The van der Waals surface area contributed by atoms with Gasteiger partial charge in [0.25, 0.3) is 0 Å². The third-order valence-electron chi connectivity index (χ3n) is 4.62. The largest absolute Gasteiger partial charge is 0.367 e. The van der Waals surface area contributed by atoms with Gasteiger partial charge in [-0.3, -0.25) is 0 Å². The first kappa shape index (κ1) is 16.7. The van der Waals surface area contributed by atoms with Crippen molar-refractivity contribution in [2.75, 3.05) is 43.4 Å². The zero-order valence-electron chi connectivity index (χ0n) is 14.4. The van der Waals surface area contributed by atoms with Gasteiger partial charge < -0.3 is 15.1 Å². The van der Waals surface area contributed by atoms with Crippen molar-refractivity contribution in [3.05, 3.63) is 54.2 Å². The van der Waals surface area contributed by atoms with Crippen molar-refractivity contribution >= 4 is 28.2 Å². The molecule has 26 heavy (non-hydrogen) atoms. The number of fused-ring (bicyclic) bond motifs is 1. The summed E-state index contributed by atoms with van der Waals surface area (Å²) in [7, 11) is 2.02.